The second-order valence-electron chi connectivity index (χ2n) is 6.14. The van der Waals surface area contributed by atoms with Crippen LogP contribution in [0.5, 0.6) is 0 Å². The quantitative estimate of drug-likeness (QED) is 0.463. The number of aryl methyl sites for hydroxylation is 3. The van der Waals surface area contributed by atoms with Crippen LogP contribution in [0.1, 0.15) is 27.0 Å². The van der Waals surface area contributed by atoms with Crippen LogP contribution in [0.4, 0.5) is 16.2 Å². The molecule has 2 aromatic carbocycles. The first kappa shape index (κ1) is 20.6. The zero-order chi connectivity index (χ0) is 20.8. The minimum Gasteiger partial charge on any atom is -0.452 e. The number of ether oxygens (including phenoxy) is 1. The summed E-state index contributed by atoms with van der Waals surface area (Å²) in [6, 6.07) is 8.34. The smallest absolute Gasteiger partial charge is 0.338 e. The van der Waals surface area contributed by atoms with E-state index in [1.807, 2.05) is 25.2 Å². The molecule has 0 aliphatic carbocycles. The van der Waals surface area contributed by atoms with Crippen LogP contribution >= 0.6 is 0 Å². The maximum absolute atomic E-state index is 12.0. The van der Waals surface area contributed by atoms with Crippen molar-refractivity contribution in [2.24, 2.45) is 0 Å². The van der Waals surface area contributed by atoms with Crippen molar-refractivity contribution in [2.75, 3.05) is 11.9 Å². The molecule has 2 N–H and O–H groups in total. The molecule has 2 aromatic rings. The molecule has 0 saturated heterocycles. The zero-order valence-corrected chi connectivity index (χ0v) is 15.6. The molecule has 0 aliphatic heterocycles. The van der Waals surface area contributed by atoms with Crippen molar-refractivity contribution in [3.63, 3.8) is 0 Å². The van der Waals surface area contributed by atoms with E-state index in [1.165, 1.54) is 19.1 Å². The Morgan fingerprint density at radius 1 is 1.00 bits per heavy atom. The number of hydrogen-bond donors (Lipinski definition) is 2. The molecule has 28 heavy (non-hydrogen) atoms. The number of hydrogen-bond acceptors (Lipinski definition) is 6. The second-order valence-corrected chi connectivity index (χ2v) is 6.14. The number of carbonyl (C=O) groups is 3. The van der Waals surface area contributed by atoms with Crippen molar-refractivity contribution < 1.29 is 24.0 Å². The van der Waals surface area contributed by atoms with Gasteiger partial charge < -0.3 is 10.1 Å². The number of carbonyl (C=O) groups excluding carboxylic acids is 3. The molecule has 9 nitrogen and oxygen atoms in total. The third-order valence-electron chi connectivity index (χ3n) is 3.99. The molecule has 0 atom stereocenters. The molecule has 0 fully saturated rings. The van der Waals surface area contributed by atoms with Gasteiger partial charge in [0.05, 0.1) is 10.5 Å². The molecule has 0 radical (unpaired) electrons. The normalized spacial score (nSPS) is 10.1. The molecule has 0 bridgehead atoms. The van der Waals surface area contributed by atoms with Gasteiger partial charge in [-0.1, -0.05) is 12.1 Å². The largest absolute Gasteiger partial charge is 0.452 e. The van der Waals surface area contributed by atoms with Crippen LogP contribution in [-0.2, 0) is 9.53 Å². The fraction of sp³-hybridized carbons (Fsp3) is 0.211. The van der Waals surface area contributed by atoms with E-state index in [0.717, 1.165) is 17.2 Å². The number of nitro benzene ring substituents is 1. The average Bonchev–Trinajstić information content (AvgIpc) is 2.62. The maximum atomic E-state index is 12.0. The Morgan fingerprint density at radius 3 is 2.32 bits per heavy atom. The van der Waals surface area contributed by atoms with Gasteiger partial charge in [-0.05, 0) is 50.1 Å². The van der Waals surface area contributed by atoms with E-state index in [0.29, 0.717) is 11.3 Å². The highest BCUT2D eigenvalue weighted by atomic mass is 16.6. The van der Waals surface area contributed by atoms with Gasteiger partial charge >= 0.3 is 12.0 Å². The monoisotopic (exact) mass is 385 g/mol. The lowest BCUT2D eigenvalue weighted by molar-refractivity contribution is -0.385. The molecule has 0 unspecified atom stereocenters. The van der Waals surface area contributed by atoms with E-state index < -0.39 is 29.4 Å². The van der Waals surface area contributed by atoms with Gasteiger partial charge in [-0.2, -0.15) is 0 Å². The maximum Gasteiger partial charge on any atom is 0.338 e. The molecule has 0 aromatic heterocycles. The number of esters is 1. The van der Waals surface area contributed by atoms with E-state index >= 15 is 0 Å². The summed E-state index contributed by atoms with van der Waals surface area (Å²) >= 11 is 0. The van der Waals surface area contributed by atoms with Gasteiger partial charge in [-0.25, -0.2) is 9.59 Å². The summed E-state index contributed by atoms with van der Waals surface area (Å²) < 4.78 is 4.80. The van der Waals surface area contributed by atoms with E-state index in [-0.39, 0.29) is 11.3 Å². The second kappa shape index (κ2) is 8.76. The molecule has 146 valence electrons. The van der Waals surface area contributed by atoms with Crippen LogP contribution in [0.3, 0.4) is 0 Å². The lowest BCUT2D eigenvalue weighted by Crippen LogP contribution is -2.37. The molecule has 0 saturated carbocycles. The van der Waals surface area contributed by atoms with Crippen LogP contribution < -0.4 is 10.6 Å². The Labute approximate surface area is 160 Å². The summed E-state index contributed by atoms with van der Waals surface area (Å²) in [7, 11) is 0. The summed E-state index contributed by atoms with van der Waals surface area (Å²) in [5.74, 6) is -1.75. The SMILES string of the molecule is Cc1ccc(NC(=O)NC(=O)COC(=O)c2ccc(C)c([N+](=O)[O-])c2)cc1C. The van der Waals surface area contributed by atoms with Crippen molar-refractivity contribution in [3.8, 4) is 0 Å². The third kappa shape index (κ3) is 5.37. The molecular weight excluding hydrogens is 366 g/mol. The number of urea groups is 1. The van der Waals surface area contributed by atoms with Crippen molar-refractivity contribution >= 4 is 29.3 Å². The Hall–Kier alpha value is -3.75. The van der Waals surface area contributed by atoms with Crippen molar-refractivity contribution in [1.29, 1.82) is 0 Å². The highest BCUT2D eigenvalue weighted by Gasteiger charge is 2.17. The topological polar surface area (TPSA) is 128 Å². The molecule has 0 spiro atoms. The Kier molecular flexibility index (Phi) is 6.43. The van der Waals surface area contributed by atoms with Gasteiger partial charge in [0.1, 0.15) is 0 Å². The highest BCUT2D eigenvalue weighted by Crippen LogP contribution is 2.19. The fourth-order valence-corrected chi connectivity index (χ4v) is 2.29. The highest BCUT2D eigenvalue weighted by molar-refractivity contribution is 6.02. The fourth-order valence-electron chi connectivity index (χ4n) is 2.29. The van der Waals surface area contributed by atoms with Crippen molar-refractivity contribution in [1.82, 2.24) is 5.32 Å². The van der Waals surface area contributed by atoms with Gasteiger partial charge in [0.15, 0.2) is 6.61 Å². The lowest BCUT2D eigenvalue weighted by atomic mass is 10.1. The number of benzene rings is 2. The van der Waals surface area contributed by atoms with Crippen molar-refractivity contribution in [2.45, 2.75) is 20.8 Å². The Balaban J connectivity index is 1.88. The number of nitrogens with zero attached hydrogens (tertiary/aromatic N) is 1. The first-order chi connectivity index (χ1) is 13.2. The predicted octanol–water partition coefficient (Wildman–Crippen LogP) is 3.03. The standard InChI is InChI=1S/C19H19N3O6/c1-11-5-7-15(8-13(11)3)20-19(25)21-17(23)10-28-18(24)14-6-4-12(2)16(9-14)22(26)27/h4-9H,10H2,1-3H3,(H2,20,21,23,25). The van der Waals surface area contributed by atoms with Gasteiger partial charge in [0.2, 0.25) is 0 Å². The molecule has 0 aliphatic rings. The van der Waals surface area contributed by atoms with Gasteiger partial charge in [-0.15, -0.1) is 0 Å². The van der Waals surface area contributed by atoms with E-state index in [1.54, 1.807) is 12.1 Å². The minimum atomic E-state index is -0.909. The number of imide groups is 1. The van der Waals surface area contributed by atoms with Crippen LogP contribution in [0.25, 0.3) is 0 Å². The number of nitro groups is 1. The molecule has 0 heterocycles. The van der Waals surface area contributed by atoms with Gasteiger partial charge in [0.25, 0.3) is 11.6 Å². The van der Waals surface area contributed by atoms with Crippen LogP contribution in [-0.4, -0.2) is 29.4 Å². The summed E-state index contributed by atoms with van der Waals surface area (Å²) in [6.07, 6.45) is 0. The number of amides is 3. The minimum absolute atomic E-state index is 0.0651. The first-order valence-electron chi connectivity index (χ1n) is 8.27. The lowest BCUT2D eigenvalue weighted by Gasteiger charge is -2.09. The van der Waals surface area contributed by atoms with Crippen molar-refractivity contribution in [3.05, 3.63) is 68.8 Å². The first-order valence-corrected chi connectivity index (χ1v) is 8.27. The number of rotatable bonds is 5. The molecule has 2 rings (SSSR count). The van der Waals surface area contributed by atoms with Crippen LogP contribution in [0.15, 0.2) is 36.4 Å². The van der Waals surface area contributed by atoms with Crippen LogP contribution in [0.2, 0.25) is 0 Å². The number of anilines is 1. The predicted molar refractivity (Wildman–Crippen MR) is 101 cm³/mol. The van der Waals surface area contributed by atoms with E-state index in [9.17, 15) is 24.5 Å². The molecular formula is C19H19N3O6. The van der Waals surface area contributed by atoms with Gasteiger partial charge in [0, 0.05) is 17.3 Å². The van der Waals surface area contributed by atoms with Gasteiger partial charge in [-0.3, -0.25) is 20.2 Å². The number of nitrogens with one attached hydrogen (secondary N) is 2. The van der Waals surface area contributed by atoms with E-state index in [2.05, 4.69) is 5.32 Å². The molecule has 9 heteroatoms. The van der Waals surface area contributed by atoms with E-state index in [4.69, 9.17) is 4.74 Å². The summed E-state index contributed by atoms with van der Waals surface area (Å²) in [5.41, 5.74) is 2.64. The zero-order valence-electron chi connectivity index (χ0n) is 15.6. The third-order valence-corrected chi connectivity index (χ3v) is 3.99. The Bertz CT molecular complexity index is 955. The summed E-state index contributed by atoms with van der Waals surface area (Å²) in [4.78, 5) is 45.9. The summed E-state index contributed by atoms with van der Waals surface area (Å²) in [6.45, 7) is 4.65. The Morgan fingerprint density at radius 2 is 1.68 bits per heavy atom. The average molecular weight is 385 g/mol. The van der Waals surface area contributed by atoms with Crippen LogP contribution in [0, 0.1) is 30.9 Å². The molecule has 3 amide bonds. The summed E-state index contributed by atoms with van der Waals surface area (Å²) in [5, 5.41) is 15.5.